The molecule has 0 bridgehead atoms. The Bertz CT molecular complexity index is 1310. The topological polar surface area (TPSA) is 119 Å². The molecule has 178 valence electrons. The lowest BCUT2D eigenvalue weighted by Gasteiger charge is -2.09. The summed E-state index contributed by atoms with van der Waals surface area (Å²) in [4.78, 5) is 12.2. The summed E-state index contributed by atoms with van der Waals surface area (Å²) < 4.78 is 7.19. The molecule has 0 saturated heterocycles. The van der Waals surface area contributed by atoms with Gasteiger partial charge in [0.2, 0.25) is 11.1 Å². The molecular weight excluding hydrogens is 462 g/mol. The minimum absolute atomic E-state index is 0.138. The van der Waals surface area contributed by atoms with Gasteiger partial charge < -0.3 is 15.9 Å². The molecule has 4 rings (SSSR count). The number of aromatic nitrogens is 3. The van der Waals surface area contributed by atoms with E-state index in [1.165, 1.54) is 16.4 Å². The summed E-state index contributed by atoms with van der Waals surface area (Å²) >= 11 is 1.18. The maximum atomic E-state index is 12.2. The van der Waals surface area contributed by atoms with Crippen LogP contribution in [0.25, 0.3) is 0 Å². The molecular formula is C25H25N7O2S. The quantitative estimate of drug-likeness (QED) is 0.134. The third kappa shape index (κ3) is 6.84. The maximum absolute atomic E-state index is 12.2. The van der Waals surface area contributed by atoms with Crippen LogP contribution in [0.2, 0.25) is 0 Å². The lowest BCUT2D eigenvalue weighted by Crippen LogP contribution is -2.16. The molecule has 9 nitrogen and oxygen atoms in total. The molecule has 0 aliphatic rings. The zero-order valence-electron chi connectivity index (χ0n) is 19.1. The number of aryl methyl sites for hydroxylation is 1. The summed E-state index contributed by atoms with van der Waals surface area (Å²) in [5, 5.41) is 15.5. The van der Waals surface area contributed by atoms with Crippen molar-refractivity contribution in [2.75, 3.05) is 22.3 Å². The number of ether oxygens (including phenoxy) is 1. The van der Waals surface area contributed by atoms with Crippen molar-refractivity contribution in [2.24, 2.45) is 5.10 Å². The molecule has 1 amide bonds. The van der Waals surface area contributed by atoms with Crippen LogP contribution in [0.4, 0.5) is 11.6 Å². The molecule has 1 heterocycles. The highest BCUT2D eigenvalue weighted by Crippen LogP contribution is 2.19. The Morgan fingerprint density at radius 2 is 1.89 bits per heavy atom. The Balaban J connectivity index is 1.31. The first-order chi connectivity index (χ1) is 17.1. The monoisotopic (exact) mass is 487 g/mol. The average Bonchev–Trinajstić information content (AvgIpc) is 3.22. The summed E-state index contributed by atoms with van der Waals surface area (Å²) in [6, 6.07) is 25.1. The number of para-hydroxylation sites is 1. The van der Waals surface area contributed by atoms with Gasteiger partial charge in [0, 0.05) is 11.3 Å². The molecule has 4 N–H and O–H groups in total. The van der Waals surface area contributed by atoms with Gasteiger partial charge in [-0.15, -0.1) is 10.2 Å². The van der Waals surface area contributed by atoms with E-state index in [0.29, 0.717) is 17.5 Å². The number of nitrogens with two attached hydrogens (primary N) is 1. The lowest BCUT2D eigenvalue weighted by molar-refractivity contribution is -0.113. The van der Waals surface area contributed by atoms with E-state index in [0.717, 1.165) is 22.4 Å². The number of thioether (sulfide) groups is 1. The third-order valence-corrected chi connectivity index (χ3v) is 5.77. The van der Waals surface area contributed by atoms with Crippen LogP contribution in [-0.4, -0.2) is 32.7 Å². The van der Waals surface area contributed by atoms with Crippen LogP contribution < -0.4 is 21.3 Å². The van der Waals surface area contributed by atoms with Crippen molar-refractivity contribution in [1.29, 1.82) is 0 Å². The molecule has 3 aromatic carbocycles. The Labute approximate surface area is 207 Å². The van der Waals surface area contributed by atoms with Gasteiger partial charge in [0.15, 0.2) is 0 Å². The van der Waals surface area contributed by atoms with Crippen molar-refractivity contribution in [3.05, 3.63) is 95.6 Å². The first-order valence-electron chi connectivity index (χ1n) is 10.8. The number of nitrogens with zero attached hydrogens (tertiary/aromatic N) is 4. The molecule has 4 aromatic rings. The van der Waals surface area contributed by atoms with Gasteiger partial charge in [0.25, 0.3) is 5.95 Å². The molecule has 0 aliphatic carbocycles. The molecule has 0 atom stereocenters. The Hall–Kier alpha value is -4.31. The van der Waals surface area contributed by atoms with Crippen LogP contribution >= 0.6 is 11.8 Å². The lowest BCUT2D eigenvalue weighted by atomic mass is 10.2. The number of anilines is 2. The number of hydrogen-bond donors (Lipinski definition) is 3. The van der Waals surface area contributed by atoms with Crippen LogP contribution in [0.5, 0.6) is 5.75 Å². The molecule has 0 unspecified atom stereocenters. The molecule has 0 saturated carbocycles. The average molecular weight is 488 g/mol. The summed E-state index contributed by atoms with van der Waals surface area (Å²) in [5.74, 6) is 6.98. The highest BCUT2D eigenvalue weighted by Gasteiger charge is 2.12. The minimum Gasteiger partial charge on any atom is -0.488 e. The molecule has 1 aromatic heterocycles. The molecule has 0 aliphatic heterocycles. The van der Waals surface area contributed by atoms with Crippen molar-refractivity contribution in [2.45, 2.75) is 18.7 Å². The second-order valence-corrected chi connectivity index (χ2v) is 8.51. The number of carbonyl (C=O) groups excluding carboxylic acids is 1. The number of amides is 1. The van der Waals surface area contributed by atoms with Crippen LogP contribution in [-0.2, 0) is 11.4 Å². The van der Waals surface area contributed by atoms with Gasteiger partial charge in [-0.2, -0.15) is 5.10 Å². The summed E-state index contributed by atoms with van der Waals surface area (Å²) in [5.41, 5.74) is 6.46. The highest BCUT2D eigenvalue weighted by molar-refractivity contribution is 7.99. The molecule has 35 heavy (non-hydrogen) atoms. The first-order valence-corrected chi connectivity index (χ1v) is 11.8. The van der Waals surface area contributed by atoms with E-state index in [9.17, 15) is 4.79 Å². The Kier molecular flexibility index (Phi) is 7.97. The summed E-state index contributed by atoms with van der Waals surface area (Å²) in [6.07, 6.45) is 1.62. The predicted molar refractivity (Wildman–Crippen MR) is 139 cm³/mol. The van der Waals surface area contributed by atoms with E-state index in [4.69, 9.17) is 10.6 Å². The van der Waals surface area contributed by atoms with Gasteiger partial charge in [-0.25, -0.2) is 10.1 Å². The predicted octanol–water partition coefficient (Wildman–Crippen LogP) is 4.06. The van der Waals surface area contributed by atoms with Crippen molar-refractivity contribution < 1.29 is 9.53 Å². The van der Waals surface area contributed by atoms with Crippen molar-refractivity contribution in [1.82, 2.24) is 14.9 Å². The maximum Gasteiger partial charge on any atom is 0.264 e. The second-order valence-electron chi connectivity index (χ2n) is 7.56. The zero-order valence-corrected chi connectivity index (χ0v) is 19.9. The minimum atomic E-state index is -0.164. The number of benzene rings is 3. The van der Waals surface area contributed by atoms with Gasteiger partial charge >= 0.3 is 0 Å². The molecule has 0 radical (unpaired) electrons. The number of hydrazone groups is 1. The van der Waals surface area contributed by atoms with Crippen molar-refractivity contribution in [3.8, 4) is 5.75 Å². The van der Waals surface area contributed by atoms with Gasteiger partial charge in [-0.1, -0.05) is 66.4 Å². The van der Waals surface area contributed by atoms with Gasteiger partial charge in [-0.3, -0.25) is 4.79 Å². The fourth-order valence-corrected chi connectivity index (χ4v) is 3.77. The van der Waals surface area contributed by atoms with Crippen LogP contribution in [0.3, 0.4) is 0 Å². The normalized spacial score (nSPS) is 10.9. The van der Waals surface area contributed by atoms with E-state index in [1.54, 1.807) is 6.21 Å². The zero-order chi connectivity index (χ0) is 24.5. The molecule has 10 heteroatoms. The van der Waals surface area contributed by atoms with E-state index >= 15 is 0 Å². The number of nitrogens with one attached hydrogen (secondary N) is 2. The largest absolute Gasteiger partial charge is 0.488 e. The number of nitrogen functional groups attached to an aromatic ring is 1. The second kappa shape index (κ2) is 11.7. The van der Waals surface area contributed by atoms with Crippen molar-refractivity contribution in [3.63, 3.8) is 0 Å². The number of carbonyl (C=O) groups is 1. The van der Waals surface area contributed by atoms with E-state index in [2.05, 4.69) is 26.0 Å². The van der Waals surface area contributed by atoms with Crippen molar-refractivity contribution >= 4 is 35.5 Å². The molecule has 0 spiro atoms. The van der Waals surface area contributed by atoms with Crippen LogP contribution in [0.15, 0.2) is 89.1 Å². The number of hydrogen-bond acceptors (Lipinski definition) is 8. The SMILES string of the molecule is Cc1cccc(NC(=O)CSc2nnc(N/N=C/c3ccccc3OCc3ccccc3)n2N)c1. The van der Waals surface area contributed by atoms with E-state index in [-0.39, 0.29) is 17.6 Å². The number of rotatable bonds is 10. The first kappa shape index (κ1) is 23.8. The highest BCUT2D eigenvalue weighted by atomic mass is 32.2. The van der Waals surface area contributed by atoms with Gasteiger partial charge in [0.05, 0.1) is 12.0 Å². The summed E-state index contributed by atoms with van der Waals surface area (Å²) in [7, 11) is 0. The smallest absolute Gasteiger partial charge is 0.264 e. The van der Waals surface area contributed by atoms with Gasteiger partial charge in [-0.05, 0) is 42.3 Å². The third-order valence-electron chi connectivity index (χ3n) is 4.82. The standard InChI is InChI=1S/C25H25N7O2S/c1-18-8-7-12-21(14-18)28-23(33)17-35-25-31-30-24(32(25)26)29-27-15-20-11-5-6-13-22(20)34-16-19-9-3-2-4-10-19/h2-15H,16-17,26H2,1H3,(H,28,33)(H,29,30)/b27-15+. The van der Waals surface area contributed by atoms with Gasteiger partial charge in [0.1, 0.15) is 12.4 Å². The van der Waals surface area contributed by atoms with E-state index < -0.39 is 0 Å². The molecule has 0 fully saturated rings. The van der Waals surface area contributed by atoms with Crippen LogP contribution in [0, 0.1) is 6.92 Å². The van der Waals surface area contributed by atoms with Crippen LogP contribution in [0.1, 0.15) is 16.7 Å². The Morgan fingerprint density at radius 1 is 1.09 bits per heavy atom. The van der Waals surface area contributed by atoms with E-state index in [1.807, 2.05) is 85.8 Å². The fraction of sp³-hybridized carbons (Fsp3) is 0.120. The fourth-order valence-electron chi connectivity index (χ4n) is 3.12. The Morgan fingerprint density at radius 3 is 2.71 bits per heavy atom. The summed E-state index contributed by atoms with van der Waals surface area (Å²) in [6.45, 7) is 2.42.